The van der Waals surface area contributed by atoms with Gasteiger partial charge in [0.05, 0.1) is 6.54 Å². The van der Waals surface area contributed by atoms with Gasteiger partial charge in [0.2, 0.25) is 0 Å². The van der Waals surface area contributed by atoms with Crippen LogP contribution in [0.15, 0.2) is 0 Å². The van der Waals surface area contributed by atoms with Crippen LogP contribution in [0.1, 0.15) is 12.8 Å². The summed E-state index contributed by atoms with van der Waals surface area (Å²) >= 11 is 0. The Labute approximate surface area is 61.0 Å². The van der Waals surface area contributed by atoms with Crippen molar-refractivity contribution >= 4 is 5.78 Å². The first-order chi connectivity index (χ1) is 4.84. The maximum absolute atomic E-state index is 11.0. The minimum absolute atomic E-state index is 0.213. The lowest BCUT2D eigenvalue weighted by Gasteiger charge is -2.20. The molecular formula is C7H14N2O. The van der Waals surface area contributed by atoms with Crippen LogP contribution in [0.3, 0.4) is 0 Å². The zero-order valence-electron chi connectivity index (χ0n) is 6.10. The van der Waals surface area contributed by atoms with E-state index in [4.69, 9.17) is 5.73 Å². The Morgan fingerprint density at radius 2 is 2.10 bits per heavy atom. The second-order valence-electron chi connectivity index (χ2n) is 2.69. The molecule has 0 aliphatic carbocycles. The Balaban J connectivity index is 2.31. The lowest BCUT2D eigenvalue weighted by molar-refractivity contribution is -0.122. The van der Waals surface area contributed by atoms with Gasteiger partial charge in [-0.1, -0.05) is 0 Å². The molecule has 0 unspecified atom stereocenters. The summed E-state index contributed by atoms with van der Waals surface area (Å²) in [6.45, 7) is 2.15. The van der Waals surface area contributed by atoms with E-state index in [2.05, 4.69) is 5.32 Å². The first kappa shape index (κ1) is 7.69. The number of piperidine rings is 1. The van der Waals surface area contributed by atoms with Crippen LogP contribution in [-0.2, 0) is 4.79 Å². The van der Waals surface area contributed by atoms with E-state index in [1.54, 1.807) is 0 Å². The molecule has 1 rings (SSSR count). The van der Waals surface area contributed by atoms with Gasteiger partial charge in [-0.2, -0.15) is 0 Å². The minimum Gasteiger partial charge on any atom is -0.324 e. The second-order valence-corrected chi connectivity index (χ2v) is 2.69. The largest absolute Gasteiger partial charge is 0.324 e. The highest BCUT2D eigenvalue weighted by atomic mass is 16.1. The molecule has 0 spiro atoms. The lowest BCUT2D eigenvalue weighted by atomic mass is 9.94. The van der Waals surface area contributed by atoms with Crippen molar-refractivity contribution in [2.45, 2.75) is 12.8 Å². The van der Waals surface area contributed by atoms with Gasteiger partial charge in [0.25, 0.3) is 0 Å². The number of Topliss-reactive ketones (excluding diaryl/α,β-unsaturated/α-hetero) is 1. The maximum atomic E-state index is 11.0. The Morgan fingerprint density at radius 3 is 2.60 bits per heavy atom. The number of rotatable bonds is 2. The van der Waals surface area contributed by atoms with Gasteiger partial charge in [0.15, 0.2) is 0 Å². The van der Waals surface area contributed by atoms with E-state index in [-0.39, 0.29) is 18.2 Å². The van der Waals surface area contributed by atoms with Crippen molar-refractivity contribution in [1.82, 2.24) is 5.32 Å². The van der Waals surface area contributed by atoms with Gasteiger partial charge in [0.1, 0.15) is 5.78 Å². The van der Waals surface area contributed by atoms with Crippen molar-refractivity contribution < 1.29 is 4.79 Å². The third-order valence-electron chi connectivity index (χ3n) is 2.00. The van der Waals surface area contributed by atoms with E-state index in [1.165, 1.54) is 0 Å². The zero-order valence-corrected chi connectivity index (χ0v) is 6.10. The first-order valence-corrected chi connectivity index (χ1v) is 3.78. The van der Waals surface area contributed by atoms with E-state index < -0.39 is 0 Å². The van der Waals surface area contributed by atoms with Crippen LogP contribution in [0.5, 0.6) is 0 Å². The second kappa shape index (κ2) is 3.68. The van der Waals surface area contributed by atoms with E-state index in [0.717, 1.165) is 25.9 Å². The van der Waals surface area contributed by atoms with Crippen LogP contribution < -0.4 is 11.1 Å². The Hall–Kier alpha value is -0.410. The third kappa shape index (κ3) is 1.78. The van der Waals surface area contributed by atoms with Gasteiger partial charge in [-0.25, -0.2) is 0 Å². The van der Waals surface area contributed by atoms with Crippen LogP contribution >= 0.6 is 0 Å². The van der Waals surface area contributed by atoms with Gasteiger partial charge in [-0.15, -0.1) is 0 Å². The summed E-state index contributed by atoms with van der Waals surface area (Å²) < 4.78 is 0. The molecule has 1 aliphatic rings. The molecule has 1 heterocycles. The monoisotopic (exact) mass is 142 g/mol. The molecule has 58 valence electrons. The fraction of sp³-hybridized carbons (Fsp3) is 0.857. The molecule has 3 heteroatoms. The molecular weight excluding hydrogens is 128 g/mol. The molecule has 0 aromatic rings. The van der Waals surface area contributed by atoms with Crippen LogP contribution in [-0.4, -0.2) is 25.4 Å². The SMILES string of the molecule is NCC(=O)C1CCNCC1. The summed E-state index contributed by atoms with van der Waals surface area (Å²) in [6, 6.07) is 0. The maximum Gasteiger partial charge on any atom is 0.149 e. The number of carbonyl (C=O) groups is 1. The first-order valence-electron chi connectivity index (χ1n) is 3.78. The zero-order chi connectivity index (χ0) is 7.40. The van der Waals surface area contributed by atoms with Gasteiger partial charge < -0.3 is 11.1 Å². The minimum atomic E-state index is 0.213. The standard InChI is InChI=1S/C7H14N2O/c8-5-7(10)6-1-3-9-4-2-6/h6,9H,1-5,8H2. The van der Waals surface area contributed by atoms with Crippen molar-refractivity contribution in [3.05, 3.63) is 0 Å². The number of nitrogens with one attached hydrogen (secondary N) is 1. The molecule has 1 saturated heterocycles. The smallest absolute Gasteiger partial charge is 0.149 e. The van der Waals surface area contributed by atoms with Crippen molar-refractivity contribution in [3.63, 3.8) is 0 Å². The van der Waals surface area contributed by atoms with Crippen LogP contribution in [0.2, 0.25) is 0 Å². The average molecular weight is 142 g/mol. The predicted octanol–water partition coefficient (Wildman–Crippen LogP) is -0.486. The summed E-state index contributed by atoms with van der Waals surface area (Å²) in [7, 11) is 0. The fourth-order valence-corrected chi connectivity index (χ4v) is 1.31. The highest BCUT2D eigenvalue weighted by molar-refractivity contribution is 5.82. The molecule has 1 aliphatic heterocycles. The topological polar surface area (TPSA) is 55.1 Å². The Bertz CT molecular complexity index is 119. The van der Waals surface area contributed by atoms with Crippen molar-refractivity contribution in [1.29, 1.82) is 0 Å². The molecule has 0 bridgehead atoms. The van der Waals surface area contributed by atoms with E-state index in [0.29, 0.717) is 0 Å². The summed E-state index contributed by atoms with van der Waals surface area (Å²) in [6.07, 6.45) is 1.94. The summed E-state index contributed by atoms with van der Waals surface area (Å²) in [5.74, 6) is 0.466. The van der Waals surface area contributed by atoms with Crippen molar-refractivity contribution in [3.8, 4) is 0 Å². The molecule has 0 aromatic heterocycles. The van der Waals surface area contributed by atoms with Crippen molar-refractivity contribution in [2.75, 3.05) is 19.6 Å². The van der Waals surface area contributed by atoms with Crippen LogP contribution in [0.25, 0.3) is 0 Å². The van der Waals surface area contributed by atoms with Gasteiger partial charge in [-0.05, 0) is 25.9 Å². The molecule has 3 nitrogen and oxygen atoms in total. The highest BCUT2D eigenvalue weighted by Gasteiger charge is 2.18. The normalized spacial score (nSPS) is 20.9. The van der Waals surface area contributed by atoms with E-state index in [1.807, 2.05) is 0 Å². The quantitative estimate of drug-likeness (QED) is 0.547. The average Bonchev–Trinajstić information content (AvgIpc) is 2.05. The Kier molecular flexibility index (Phi) is 2.83. The molecule has 3 N–H and O–H groups in total. The highest BCUT2D eigenvalue weighted by Crippen LogP contribution is 2.11. The number of hydrogen-bond donors (Lipinski definition) is 2. The molecule has 10 heavy (non-hydrogen) atoms. The number of hydrogen-bond acceptors (Lipinski definition) is 3. The van der Waals surface area contributed by atoms with Crippen LogP contribution in [0.4, 0.5) is 0 Å². The molecule has 0 radical (unpaired) electrons. The Morgan fingerprint density at radius 1 is 1.50 bits per heavy atom. The molecule has 0 amide bonds. The molecule has 1 fully saturated rings. The fourth-order valence-electron chi connectivity index (χ4n) is 1.31. The number of carbonyl (C=O) groups excluding carboxylic acids is 1. The van der Waals surface area contributed by atoms with Crippen molar-refractivity contribution in [2.24, 2.45) is 11.7 Å². The predicted molar refractivity (Wildman–Crippen MR) is 39.7 cm³/mol. The van der Waals surface area contributed by atoms with Gasteiger partial charge >= 0.3 is 0 Å². The van der Waals surface area contributed by atoms with Crippen LogP contribution in [0, 0.1) is 5.92 Å². The molecule has 0 aromatic carbocycles. The van der Waals surface area contributed by atoms with Gasteiger partial charge in [0, 0.05) is 5.92 Å². The summed E-state index contributed by atoms with van der Waals surface area (Å²) in [5, 5.41) is 3.20. The lowest BCUT2D eigenvalue weighted by Crippen LogP contribution is -2.34. The molecule has 0 saturated carbocycles. The van der Waals surface area contributed by atoms with Gasteiger partial charge in [-0.3, -0.25) is 4.79 Å². The summed E-state index contributed by atoms with van der Waals surface area (Å²) in [5.41, 5.74) is 5.23. The number of ketones is 1. The van der Waals surface area contributed by atoms with E-state index >= 15 is 0 Å². The summed E-state index contributed by atoms with van der Waals surface area (Å²) in [4.78, 5) is 11.0. The van der Waals surface area contributed by atoms with E-state index in [9.17, 15) is 4.79 Å². The third-order valence-corrected chi connectivity index (χ3v) is 2.00. The molecule has 0 atom stereocenters. The number of nitrogens with two attached hydrogens (primary N) is 1.